The van der Waals surface area contributed by atoms with Crippen LogP contribution in [0.25, 0.3) is 0 Å². The summed E-state index contributed by atoms with van der Waals surface area (Å²) in [4.78, 5) is 16.6. The number of amides is 1. The van der Waals surface area contributed by atoms with Crippen LogP contribution in [0.4, 0.5) is 0 Å². The van der Waals surface area contributed by atoms with E-state index in [4.69, 9.17) is 0 Å². The fourth-order valence-corrected chi connectivity index (χ4v) is 3.08. The summed E-state index contributed by atoms with van der Waals surface area (Å²) in [5.41, 5.74) is 1.64. The molecule has 0 aliphatic heterocycles. The van der Waals surface area contributed by atoms with Crippen LogP contribution in [0.1, 0.15) is 40.1 Å². The van der Waals surface area contributed by atoms with E-state index in [2.05, 4.69) is 30.8 Å². The third-order valence-corrected chi connectivity index (χ3v) is 4.34. The van der Waals surface area contributed by atoms with Crippen molar-refractivity contribution < 1.29 is 4.79 Å². The molecule has 100 valence electrons. The van der Waals surface area contributed by atoms with Gasteiger partial charge in [0, 0.05) is 22.1 Å². The van der Waals surface area contributed by atoms with Gasteiger partial charge >= 0.3 is 0 Å². The molecule has 2 aromatic rings. The number of halogens is 1. The zero-order valence-electron chi connectivity index (χ0n) is 10.5. The highest BCUT2D eigenvalue weighted by Crippen LogP contribution is 2.37. The molecule has 6 heteroatoms. The van der Waals surface area contributed by atoms with Crippen molar-refractivity contribution in [2.24, 2.45) is 0 Å². The molecule has 0 bridgehead atoms. The van der Waals surface area contributed by atoms with Crippen molar-refractivity contribution in [3.63, 3.8) is 0 Å². The van der Waals surface area contributed by atoms with Gasteiger partial charge in [-0.1, -0.05) is 0 Å². The van der Waals surface area contributed by atoms with E-state index in [1.165, 1.54) is 0 Å². The standard InChI is InChI=1S/C13H14BrN3OS/c1-8-16-10(7-19-8)5-15-13(18)12-4-9(14)6-17(12)11-2-3-11/h4,6-7,11H,2-3,5H2,1H3,(H,15,18). The van der Waals surface area contributed by atoms with Crippen LogP contribution < -0.4 is 5.32 Å². The van der Waals surface area contributed by atoms with Crippen molar-refractivity contribution in [2.75, 3.05) is 0 Å². The Bertz CT molecular complexity index is 615. The normalized spacial score (nSPS) is 14.6. The first-order chi connectivity index (χ1) is 9.13. The fourth-order valence-electron chi connectivity index (χ4n) is 2.03. The van der Waals surface area contributed by atoms with Crippen LogP contribution in [-0.2, 0) is 6.54 Å². The minimum absolute atomic E-state index is 0.0387. The molecule has 1 saturated carbocycles. The van der Waals surface area contributed by atoms with Gasteiger partial charge in [0.05, 0.1) is 17.2 Å². The molecule has 3 rings (SSSR count). The Balaban J connectivity index is 1.70. The second-order valence-electron chi connectivity index (χ2n) is 4.72. The van der Waals surface area contributed by atoms with Gasteiger partial charge in [-0.05, 0) is 41.8 Å². The first-order valence-electron chi connectivity index (χ1n) is 6.20. The second-order valence-corrected chi connectivity index (χ2v) is 6.70. The van der Waals surface area contributed by atoms with Gasteiger partial charge in [-0.15, -0.1) is 11.3 Å². The van der Waals surface area contributed by atoms with Gasteiger partial charge in [-0.2, -0.15) is 0 Å². The summed E-state index contributed by atoms with van der Waals surface area (Å²) in [6, 6.07) is 2.37. The zero-order valence-corrected chi connectivity index (χ0v) is 12.9. The van der Waals surface area contributed by atoms with Crippen molar-refractivity contribution in [1.82, 2.24) is 14.9 Å². The molecule has 0 saturated heterocycles. The van der Waals surface area contributed by atoms with Crippen LogP contribution >= 0.6 is 27.3 Å². The zero-order chi connectivity index (χ0) is 13.4. The number of carbonyl (C=O) groups is 1. The summed E-state index contributed by atoms with van der Waals surface area (Å²) in [5, 5.41) is 5.93. The van der Waals surface area contributed by atoms with Crippen molar-refractivity contribution in [3.8, 4) is 0 Å². The summed E-state index contributed by atoms with van der Waals surface area (Å²) in [6.45, 7) is 2.45. The summed E-state index contributed by atoms with van der Waals surface area (Å²) in [6.07, 6.45) is 4.30. The largest absolute Gasteiger partial charge is 0.345 e. The van der Waals surface area contributed by atoms with Gasteiger partial charge in [-0.3, -0.25) is 4.79 Å². The van der Waals surface area contributed by atoms with Gasteiger partial charge in [-0.25, -0.2) is 4.98 Å². The predicted molar refractivity (Wildman–Crippen MR) is 78.4 cm³/mol. The molecular weight excluding hydrogens is 326 g/mol. The van der Waals surface area contributed by atoms with Crippen molar-refractivity contribution >= 4 is 33.2 Å². The molecular formula is C13H14BrN3OS. The molecule has 0 atom stereocenters. The van der Waals surface area contributed by atoms with Crippen LogP contribution in [0.15, 0.2) is 22.1 Å². The maximum atomic E-state index is 12.2. The lowest BCUT2D eigenvalue weighted by Gasteiger charge is -2.07. The predicted octanol–water partition coefficient (Wildman–Crippen LogP) is 3.28. The van der Waals surface area contributed by atoms with Crippen LogP contribution in [0, 0.1) is 6.92 Å². The van der Waals surface area contributed by atoms with Crippen LogP contribution in [0.5, 0.6) is 0 Å². The Hall–Kier alpha value is -1.14. The molecule has 1 amide bonds. The Labute approximate surface area is 124 Å². The smallest absolute Gasteiger partial charge is 0.268 e. The Morgan fingerprint density at radius 1 is 1.63 bits per heavy atom. The highest BCUT2D eigenvalue weighted by atomic mass is 79.9. The number of aryl methyl sites for hydroxylation is 1. The van der Waals surface area contributed by atoms with Gasteiger partial charge in [0.25, 0.3) is 5.91 Å². The maximum absolute atomic E-state index is 12.2. The van der Waals surface area contributed by atoms with E-state index in [0.717, 1.165) is 33.7 Å². The van der Waals surface area contributed by atoms with Crippen LogP contribution in [-0.4, -0.2) is 15.5 Å². The SMILES string of the molecule is Cc1nc(CNC(=O)c2cc(Br)cn2C2CC2)cs1. The average molecular weight is 340 g/mol. The molecule has 0 radical (unpaired) electrons. The molecule has 2 aromatic heterocycles. The van der Waals surface area contributed by atoms with E-state index in [1.54, 1.807) is 11.3 Å². The van der Waals surface area contributed by atoms with Gasteiger partial charge in [0.2, 0.25) is 0 Å². The lowest BCUT2D eigenvalue weighted by atomic mass is 10.3. The average Bonchev–Trinajstić information content (AvgIpc) is 3.03. The maximum Gasteiger partial charge on any atom is 0.268 e. The Kier molecular flexibility index (Phi) is 3.45. The first-order valence-corrected chi connectivity index (χ1v) is 7.87. The number of hydrogen-bond donors (Lipinski definition) is 1. The first kappa shape index (κ1) is 12.9. The summed E-state index contributed by atoms with van der Waals surface area (Å²) in [7, 11) is 0. The third kappa shape index (κ3) is 2.90. The third-order valence-electron chi connectivity index (χ3n) is 3.08. The minimum Gasteiger partial charge on any atom is -0.345 e. The van der Waals surface area contributed by atoms with Crippen molar-refractivity contribution in [1.29, 1.82) is 0 Å². The van der Waals surface area contributed by atoms with E-state index in [-0.39, 0.29) is 5.91 Å². The van der Waals surface area contributed by atoms with E-state index >= 15 is 0 Å². The van der Waals surface area contributed by atoms with Crippen LogP contribution in [0.3, 0.4) is 0 Å². The molecule has 0 unspecified atom stereocenters. The molecule has 1 aliphatic carbocycles. The summed E-state index contributed by atoms with van der Waals surface area (Å²) < 4.78 is 3.01. The van der Waals surface area contributed by atoms with Crippen molar-refractivity contribution in [2.45, 2.75) is 32.4 Å². The number of nitrogens with zero attached hydrogens (tertiary/aromatic N) is 2. The molecule has 2 heterocycles. The lowest BCUT2D eigenvalue weighted by molar-refractivity contribution is 0.0941. The van der Waals surface area contributed by atoms with E-state index < -0.39 is 0 Å². The number of thiazole rings is 1. The molecule has 1 N–H and O–H groups in total. The molecule has 1 aliphatic rings. The van der Waals surface area contributed by atoms with Crippen molar-refractivity contribution in [3.05, 3.63) is 38.5 Å². The van der Waals surface area contributed by atoms with Gasteiger partial charge < -0.3 is 9.88 Å². The molecule has 0 spiro atoms. The fraction of sp³-hybridized carbons (Fsp3) is 0.385. The topological polar surface area (TPSA) is 46.9 Å². The molecule has 19 heavy (non-hydrogen) atoms. The monoisotopic (exact) mass is 339 g/mol. The second kappa shape index (κ2) is 5.09. The lowest BCUT2D eigenvalue weighted by Crippen LogP contribution is -2.25. The quantitative estimate of drug-likeness (QED) is 0.929. The van der Waals surface area contributed by atoms with E-state index in [0.29, 0.717) is 12.6 Å². The number of hydrogen-bond acceptors (Lipinski definition) is 3. The summed E-state index contributed by atoms with van der Waals surface area (Å²) >= 11 is 5.03. The van der Waals surface area contributed by atoms with Crippen LogP contribution in [0.2, 0.25) is 0 Å². The molecule has 0 aromatic carbocycles. The number of rotatable bonds is 4. The minimum atomic E-state index is -0.0387. The number of carbonyl (C=O) groups excluding carboxylic acids is 1. The highest BCUT2D eigenvalue weighted by molar-refractivity contribution is 9.10. The molecule has 1 fully saturated rings. The van der Waals surface area contributed by atoms with E-state index in [1.807, 2.05) is 24.6 Å². The van der Waals surface area contributed by atoms with Gasteiger partial charge in [0.1, 0.15) is 5.69 Å². The number of nitrogens with one attached hydrogen (secondary N) is 1. The number of aromatic nitrogens is 2. The van der Waals surface area contributed by atoms with Gasteiger partial charge in [0.15, 0.2) is 0 Å². The van der Waals surface area contributed by atoms with E-state index in [9.17, 15) is 4.79 Å². The Morgan fingerprint density at radius 3 is 3.05 bits per heavy atom. The Morgan fingerprint density at radius 2 is 2.42 bits per heavy atom. The molecule has 4 nitrogen and oxygen atoms in total. The highest BCUT2D eigenvalue weighted by Gasteiger charge is 2.27. The summed E-state index contributed by atoms with van der Waals surface area (Å²) in [5.74, 6) is -0.0387.